The summed E-state index contributed by atoms with van der Waals surface area (Å²) in [4.78, 5) is 15.3. The molecule has 29 heavy (non-hydrogen) atoms. The Balaban J connectivity index is 0.00000420. The molecule has 1 fully saturated rings. The maximum Gasteiger partial charge on any atom is 0.391 e. The van der Waals surface area contributed by atoms with Crippen LogP contribution in [0.5, 0.6) is 5.75 Å². The number of hydrogen-bond acceptors (Lipinski definition) is 3. The van der Waals surface area contributed by atoms with Crippen LogP contribution in [0.1, 0.15) is 38.2 Å². The number of carbonyl (C=O) groups excluding carboxylic acids is 1. The molecule has 0 unspecified atom stereocenters. The number of nitrogens with zero attached hydrogens (tertiary/aromatic N) is 1. The monoisotopic (exact) mass is 528 g/mol. The van der Waals surface area contributed by atoms with Gasteiger partial charge in [-0.2, -0.15) is 13.2 Å². The molecule has 164 valence electrons. The maximum atomic E-state index is 12.8. The minimum atomic E-state index is -4.11. The predicted molar refractivity (Wildman–Crippen MR) is 116 cm³/mol. The number of alkyl halides is 3. The van der Waals surface area contributed by atoms with Crippen molar-refractivity contribution in [2.75, 3.05) is 13.2 Å². The molecule has 1 amide bonds. The molecule has 4 N–H and O–H groups in total. The van der Waals surface area contributed by atoms with Crippen molar-refractivity contribution in [3.05, 3.63) is 29.8 Å². The van der Waals surface area contributed by atoms with E-state index in [0.717, 1.165) is 5.56 Å². The first kappa shape index (κ1) is 25.3. The molecule has 0 heterocycles. The number of primary amides is 1. The van der Waals surface area contributed by atoms with Crippen LogP contribution < -0.4 is 21.1 Å². The molecule has 0 saturated heterocycles. The third-order valence-electron chi connectivity index (χ3n) is 4.57. The summed E-state index contributed by atoms with van der Waals surface area (Å²) in [7, 11) is 0. The molecule has 0 aromatic heterocycles. The lowest BCUT2D eigenvalue weighted by atomic mass is 9.85. The van der Waals surface area contributed by atoms with Crippen molar-refractivity contribution in [1.82, 2.24) is 10.6 Å². The minimum Gasteiger partial charge on any atom is -0.484 e. The number of ether oxygens (including phenoxy) is 1. The highest BCUT2D eigenvalue weighted by Gasteiger charge is 2.41. The molecule has 0 atom stereocenters. The molecule has 0 radical (unpaired) electrons. The average Bonchev–Trinajstić information content (AvgIpc) is 2.65. The van der Waals surface area contributed by atoms with E-state index in [1.807, 2.05) is 13.0 Å². The smallest absolute Gasteiger partial charge is 0.391 e. The van der Waals surface area contributed by atoms with Gasteiger partial charge in [0, 0.05) is 12.6 Å². The highest BCUT2D eigenvalue weighted by molar-refractivity contribution is 14.0. The molecule has 1 saturated carbocycles. The van der Waals surface area contributed by atoms with E-state index in [4.69, 9.17) is 10.5 Å². The number of nitrogens with one attached hydrogen (secondary N) is 2. The zero-order valence-corrected chi connectivity index (χ0v) is 18.6. The van der Waals surface area contributed by atoms with E-state index in [2.05, 4.69) is 15.6 Å². The summed E-state index contributed by atoms with van der Waals surface area (Å²) < 4.78 is 43.7. The van der Waals surface area contributed by atoms with Gasteiger partial charge in [-0.15, -0.1) is 24.0 Å². The Hall–Kier alpha value is -1.72. The fraction of sp³-hybridized carbons (Fsp3) is 0.579. The number of guanidine groups is 1. The number of amides is 1. The maximum absolute atomic E-state index is 12.8. The van der Waals surface area contributed by atoms with Crippen LogP contribution in [-0.2, 0) is 11.3 Å². The second kappa shape index (κ2) is 12.1. The van der Waals surface area contributed by atoms with Crippen molar-refractivity contribution in [2.24, 2.45) is 16.6 Å². The van der Waals surface area contributed by atoms with Crippen LogP contribution in [0.25, 0.3) is 0 Å². The minimum absolute atomic E-state index is 0. The first-order valence-electron chi connectivity index (χ1n) is 9.39. The van der Waals surface area contributed by atoms with Gasteiger partial charge in [-0.25, -0.2) is 4.99 Å². The fourth-order valence-electron chi connectivity index (χ4n) is 3.14. The molecule has 0 aliphatic heterocycles. The first-order chi connectivity index (χ1) is 13.3. The highest BCUT2D eigenvalue weighted by atomic mass is 127. The summed E-state index contributed by atoms with van der Waals surface area (Å²) in [5.74, 6) is -0.660. The first-order valence-corrected chi connectivity index (χ1v) is 9.39. The van der Waals surface area contributed by atoms with Crippen LogP contribution in [-0.4, -0.2) is 37.2 Å². The Morgan fingerprint density at radius 1 is 1.28 bits per heavy atom. The topological polar surface area (TPSA) is 88.7 Å². The summed E-state index contributed by atoms with van der Waals surface area (Å²) >= 11 is 0. The molecule has 1 aliphatic rings. The molecule has 1 aliphatic carbocycles. The Morgan fingerprint density at radius 2 is 1.97 bits per heavy atom. The normalized spacial score (nSPS) is 19.8. The van der Waals surface area contributed by atoms with E-state index in [1.54, 1.807) is 18.2 Å². The number of rotatable bonds is 7. The summed E-state index contributed by atoms with van der Waals surface area (Å²) in [6.45, 7) is 2.74. The number of hydrogen-bond donors (Lipinski definition) is 3. The number of carbonyl (C=O) groups is 1. The predicted octanol–water partition coefficient (Wildman–Crippen LogP) is 3.34. The fourth-order valence-corrected chi connectivity index (χ4v) is 3.14. The lowest BCUT2D eigenvalue weighted by Crippen LogP contribution is -2.45. The van der Waals surface area contributed by atoms with Gasteiger partial charge in [-0.1, -0.05) is 12.1 Å². The van der Waals surface area contributed by atoms with Crippen LogP contribution in [0.3, 0.4) is 0 Å². The molecule has 1 aromatic carbocycles. The molecular weight excluding hydrogens is 500 g/mol. The standard InChI is InChI=1S/C19H27F3N4O2.HI/c1-2-24-18(26-15-8-6-14(7-9-15)19(20,21)22)25-11-13-4-3-5-16(10-13)28-12-17(23)27;/h3-5,10,14-15H,2,6-9,11-12H2,1H3,(H2,23,27)(H2,24,25,26);1H. The molecule has 2 rings (SSSR count). The SMILES string of the molecule is CCNC(=NCc1cccc(OCC(N)=O)c1)NC1CCC(C(F)(F)F)CC1.I. The second-order valence-corrected chi connectivity index (χ2v) is 6.83. The summed E-state index contributed by atoms with van der Waals surface area (Å²) in [5.41, 5.74) is 5.94. The van der Waals surface area contributed by atoms with Crippen LogP contribution in [0.2, 0.25) is 0 Å². The van der Waals surface area contributed by atoms with Crippen molar-refractivity contribution < 1.29 is 22.7 Å². The van der Waals surface area contributed by atoms with Gasteiger partial charge < -0.3 is 21.1 Å². The lowest BCUT2D eigenvalue weighted by molar-refractivity contribution is -0.182. The highest BCUT2D eigenvalue weighted by Crippen LogP contribution is 2.37. The van der Waals surface area contributed by atoms with Crippen LogP contribution >= 0.6 is 24.0 Å². The summed E-state index contributed by atoms with van der Waals surface area (Å²) in [6, 6.07) is 7.13. The van der Waals surface area contributed by atoms with E-state index in [1.165, 1.54) is 0 Å². The largest absolute Gasteiger partial charge is 0.484 e. The quantitative estimate of drug-likeness (QED) is 0.288. The Bertz CT molecular complexity index is 678. The van der Waals surface area contributed by atoms with Crippen molar-refractivity contribution in [1.29, 1.82) is 0 Å². The molecule has 6 nitrogen and oxygen atoms in total. The molecule has 0 spiro atoms. The van der Waals surface area contributed by atoms with Crippen LogP contribution in [0.4, 0.5) is 13.2 Å². The Morgan fingerprint density at radius 3 is 2.55 bits per heavy atom. The van der Waals surface area contributed by atoms with Gasteiger partial charge in [-0.3, -0.25) is 4.79 Å². The second-order valence-electron chi connectivity index (χ2n) is 6.83. The molecule has 0 bridgehead atoms. The number of nitrogens with two attached hydrogens (primary N) is 1. The Kier molecular flexibility index (Phi) is 10.5. The van der Waals surface area contributed by atoms with Gasteiger partial charge in [0.05, 0.1) is 12.5 Å². The molecule has 10 heteroatoms. The Labute approximate surface area is 185 Å². The van der Waals surface area contributed by atoms with Crippen LogP contribution in [0, 0.1) is 5.92 Å². The van der Waals surface area contributed by atoms with Crippen molar-refractivity contribution in [3.63, 3.8) is 0 Å². The molecule has 1 aromatic rings. The van der Waals surface area contributed by atoms with E-state index >= 15 is 0 Å². The van der Waals surface area contributed by atoms with Gasteiger partial charge in [0.1, 0.15) is 5.75 Å². The van der Waals surface area contributed by atoms with Gasteiger partial charge in [-0.05, 0) is 50.3 Å². The van der Waals surface area contributed by atoms with E-state index < -0.39 is 18.0 Å². The van der Waals surface area contributed by atoms with Crippen molar-refractivity contribution in [3.8, 4) is 5.75 Å². The third-order valence-corrected chi connectivity index (χ3v) is 4.57. The van der Waals surface area contributed by atoms with E-state index in [9.17, 15) is 18.0 Å². The van der Waals surface area contributed by atoms with Crippen LogP contribution in [0.15, 0.2) is 29.3 Å². The molecular formula is C19H28F3IN4O2. The van der Waals surface area contributed by atoms with E-state index in [0.29, 0.717) is 37.6 Å². The zero-order valence-electron chi connectivity index (χ0n) is 16.3. The third kappa shape index (κ3) is 9.09. The number of halogens is 4. The van der Waals surface area contributed by atoms with E-state index in [-0.39, 0.29) is 49.5 Å². The van der Waals surface area contributed by atoms with Crippen molar-refractivity contribution in [2.45, 2.75) is 51.4 Å². The summed E-state index contributed by atoms with van der Waals surface area (Å²) in [6.07, 6.45) is -2.90. The summed E-state index contributed by atoms with van der Waals surface area (Å²) in [5, 5.41) is 6.35. The lowest BCUT2D eigenvalue weighted by Gasteiger charge is -2.31. The zero-order chi connectivity index (χ0) is 20.6. The van der Waals surface area contributed by atoms with Gasteiger partial charge in [0.2, 0.25) is 0 Å². The van der Waals surface area contributed by atoms with Gasteiger partial charge in [0.15, 0.2) is 12.6 Å². The van der Waals surface area contributed by atoms with Gasteiger partial charge in [0.25, 0.3) is 5.91 Å². The van der Waals surface area contributed by atoms with Gasteiger partial charge >= 0.3 is 6.18 Å². The average molecular weight is 528 g/mol. The number of benzene rings is 1. The van der Waals surface area contributed by atoms with Crippen molar-refractivity contribution >= 4 is 35.8 Å². The number of aliphatic imine (C=N–C) groups is 1.